The summed E-state index contributed by atoms with van der Waals surface area (Å²) in [6.45, 7) is 9.99. The molecule has 0 aliphatic carbocycles. The van der Waals surface area contributed by atoms with E-state index in [0.717, 1.165) is 4.57 Å². The highest BCUT2D eigenvalue weighted by molar-refractivity contribution is 6.83. The lowest BCUT2D eigenvalue weighted by Crippen LogP contribution is -2.75. The molecule has 0 aromatic carbocycles. The van der Waals surface area contributed by atoms with E-state index in [1.807, 2.05) is 33.9 Å². The zero-order valence-corrected chi connectivity index (χ0v) is 18.9. The number of nitrogens with one attached hydrogen (secondary N) is 1. The van der Waals surface area contributed by atoms with Gasteiger partial charge in [-0.1, -0.05) is 33.9 Å². The summed E-state index contributed by atoms with van der Waals surface area (Å²) in [5.41, 5.74) is 2.72. The number of carbonyl (C=O) groups is 1. The first kappa shape index (κ1) is 22.6. The van der Waals surface area contributed by atoms with E-state index in [1.54, 1.807) is 0 Å². The molecule has 3 heterocycles. The van der Waals surface area contributed by atoms with Crippen LogP contribution in [0.4, 0.5) is 5.95 Å². The van der Waals surface area contributed by atoms with Gasteiger partial charge in [0, 0.05) is 0 Å². The number of aromatic nitrogens is 4. The minimum Gasteiger partial charge on any atom is -0.394 e. The molecular formula is C18H29N5O6Si. The van der Waals surface area contributed by atoms with Crippen molar-refractivity contribution in [1.82, 2.24) is 19.5 Å². The molecule has 0 saturated carbocycles. The van der Waals surface area contributed by atoms with Gasteiger partial charge in [-0.15, -0.1) is 0 Å². The zero-order chi connectivity index (χ0) is 22.9. The molecule has 1 aliphatic rings. The fraction of sp³-hybridized carbons (Fsp3) is 0.667. The van der Waals surface area contributed by atoms with Gasteiger partial charge in [0.1, 0.15) is 31.8 Å². The predicted molar refractivity (Wildman–Crippen MR) is 111 cm³/mol. The van der Waals surface area contributed by atoms with E-state index in [-0.39, 0.29) is 17.1 Å². The monoisotopic (exact) mass is 439 g/mol. The van der Waals surface area contributed by atoms with Crippen LogP contribution >= 0.6 is 0 Å². The van der Waals surface area contributed by atoms with Gasteiger partial charge in [0.2, 0.25) is 11.7 Å². The summed E-state index contributed by atoms with van der Waals surface area (Å²) in [5, 5.41) is 30.6. The van der Waals surface area contributed by atoms with Crippen LogP contribution in [0.1, 0.15) is 27.7 Å². The average Bonchev–Trinajstić information content (AvgIpc) is 3.13. The summed E-state index contributed by atoms with van der Waals surface area (Å²) < 4.78 is 7.13. The standard InChI is InChI=1S/C18H29N5O6Si/c1-9(25)17(23-8-20-11-13(23)21-15(19)22-14(11)27)18(28,12(26)10(7-24)29-17)30(5,6)16(2,3)4/h8,10,12,24,26,28H,7H2,1-6H3,(H3,19,21,22,27)/t10-,12-,17-,18+/m1/s1. The molecular weight excluding hydrogens is 410 g/mol. The number of nitrogen functional groups attached to an aromatic ring is 1. The summed E-state index contributed by atoms with van der Waals surface area (Å²) in [6, 6.07) is 0. The van der Waals surface area contributed by atoms with Crippen molar-refractivity contribution >= 4 is 31.0 Å². The van der Waals surface area contributed by atoms with E-state index in [4.69, 9.17) is 10.5 Å². The highest BCUT2D eigenvalue weighted by Crippen LogP contribution is 2.56. The van der Waals surface area contributed by atoms with Gasteiger partial charge >= 0.3 is 0 Å². The van der Waals surface area contributed by atoms with E-state index >= 15 is 0 Å². The van der Waals surface area contributed by atoms with Crippen molar-refractivity contribution in [2.45, 2.75) is 69.0 Å². The number of aliphatic hydroxyl groups is 3. The Labute approximate surface area is 173 Å². The lowest BCUT2D eigenvalue weighted by atomic mass is 9.97. The van der Waals surface area contributed by atoms with Crippen molar-refractivity contribution in [1.29, 1.82) is 0 Å². The molecule has 12 heteroatoms. The third kappa shape index (κ3) is 2.57. The van der Waals surface area contributed by atoms with Crippen molar-refractivity contribution in [3.8, 4) is 0 Å². The molecule has 4 atom stereocenters. The number of aromatic amines is 1. The Morgan fingerprint density at radius 2 is 2.03 bits per heavy atom. The quantitative estimate of drug-likeness (QED) is 0.392. The molecule has 0 amide bonds. The lowest BCUT2D eigenvalue weighted by molar-refractivity contribution is -0.181. The number of hydrogen-bond donors (Lipinski definition) is 5. The summed E-state index contributed by atoms with van der Waals surface area (Å²) >= 11 is 0. The highest BCUT2D eigenvalue weighted by atomic mass is 28.3. The molecule has 166 valence electrons. The van der Waals surface area contributed by atoms with Crippen LogP contribution in [0.25, 0.3) is 11.2 Å². The van der Waals surface area contributed by atoms with Crippen molar-refractivity contribution < 1.29 is 24.9 Å². The topological polar surface area (TPSA) is 177 Å². The number of hydrogen-bond acceptors (Lipinski definition) is 9. The van der Waals surface area contributed by atoms with Gasteiger partial charge in [-0.25, -0.2) is 4.98 Å². The maximum Gasteiger partial charge on any atom is 0.280 e. The number of anilines is 1. The SMILES string of the molecule is CC(=O)[C@@]1(n2cnc3c(=O)[nH]c(N)nc32)O[C@H](CO)[C@@H](O)[C@]1(O)[Si](C)(C)C(C)(C)C. The minimum atomic E-state index is -3.03. The number of nitrogens with zero attached hydrogens (tertiary/aromatic N) is 3. The van der Waals surface area contributed by atoms with E-state index in [2.05, 4.69) is 15.0 Å². The number of nitrogens with two attached hydrogens (primary N) is 1. The largest absolute Gasteiger partial charge is 0.394 e. The maximum absolute atomic E-state index is 13.2. The molecule has 1 aliphatic heterocycles. The first-order valence-electron chi connectivity index (χ1n) is 9.60. The number of ketones is 1. The number of Topliss-reactive ketones (excluding diaryl/α,β-unsaturated/α-hetero) is 1. The summed E-state index contributed by atoms with van der Waals surface area (Å²) in [6.07, 6.45) is -1.66. The van der Waals surface area contributed by atoms with Crippen molar-refractivity contribution in [2.75, 3.05) is 12.3 Å². The van der Waals surface area contributed by atoms with E-state index < -0.39 is 54.2 Å². The molecule has 3 rings (SSSR count). The van der Waals surface area contributed by atoms with E-state index in [1.165, 1.54) is 13.3 Å². The normalized spacial score (nSPS) is 30.2. The third-order valence-electron chi connectivity index (χ3n) is 6.87. The Hall–Kier alpha value is -2.12. The minimum absolute atomic E-state index is 0.0747. The Kier molecular flexibility index (Phi) is 5.03. The second-order valence-corrected chi connectivity index (χ2v) is 14.9. The molecule has 0 spiro atoms. The molecule has 6 N–H and O–H groups in total. The first-order valence-corrected chi connectivity index (χ1v) is 12.6. The van der Waals surface area contributed by atoms with Gasteiger partial charge in [0.05, 0.1) is 6.61 Å². The number of ether oxygens (including phenoxy) is 1. The Bertz CT molecular complexity index is 1060. The fourth-order valence-electron chi connectivity index (χ4n) is 4.26. The number of imidazole rings is 1. The van der Waals surface area contributed by atoms with Crippen LogP contribution in [0.5, 0.6) is 0 Å². The number of aliphatic hydroxyl groups excluding tert-OH is 2. The zero-order valence-electron chi connectivity index (χ0n) is 17.9. The van der Waals surface area contributed by atoms with Gasteiger partial charge in [0.15, 0.2) is 16.9 Å². The Morgan fingerprint density at radius 1 is 1.43 bits per heavy atom. The molecule has 0 bridgehead atoms. The van der Waals surface area contributed by atoms with Crippen LogP contribution < -0.4 is 11.3 Å². The second-order valence-electron chi connectivity index (χ2n) is 9.36. The summed E-state index contributed by atoms with van der Waals surface area (Å²) in [5.74, 6) is -0.842. The third-order valence-corrected chi connectivity index (χ3v) is 13.2. The first-order chi connectivity index (χ1) is 13.7. The molecule has 2 aromatic heterocycles. The van der Waals surface area contributed by atoms with Crippen molar-refractivity contribution in [2.24, 2.45) is 0 Å². The van der Waals surface area contributed by atoms with Crippen LogP contribution in [0.3, 0.4) is 0 Å². The molecule has 2 aromatic rings. The summed E-state index contributed by atoms with van der Waals surface area (Å²) in [7, 11) is -3.03. The fourth-order valence-corrected chi connectivity index (χ4v) is 7.53. The molecule has 30 heavy (non-hydrogen) atoms. The average molecular weight is 440 g/mol. The maximum atomic E-state index is 13.2. The van der Waals surface area contributed by atoms with Gasteiger partial charge in [-0.05, 0) is 12.0 Å². The van der Waals surface area contributed by atoms with Crippen molar-refractivity contribution in [3.63, 3.8) is 0 Å². The molecule has 0 unspecified atom stereocenters. The van der Waals surface area contributed by atoms with E-state index in [0.29, 0.717) is 0 Å². The Balaban J connectivity index is 2.48. The molecule has 1 saturated heterocycles. The van der Waals surface area contributed by atoms with Gasteiger partial charge in [0.25, 0.3) is 5.56 Å². The van der Waals surface area contributed by atoms with Crippen LogP contribution in [0, 0.1) is 0 Å². The van der Waals surface area contributed by atoms with Crippen molar-refractivity contribution in [3.05, 3.63) is 16.7 Å². The second kappa shape index (κ2) is 6.69. The predicted octanol–water partition coefficient (Wildman–Crippen LogP) is -0.526. The number of rotatable bonds is 4. The van der Waals surface area contributed by atoms with Crippen LogP contribution in [-0.2, 0) is 15.3 Å². The Morgan fingerprint density at radius 3 is 2.53 bits per heavy atom. The van der Waals surface area contributed by atoms with Crippen LogP contribution in [-0.4, -0.2) is 72.7 Å². The number of carbonyl (C=O) groups excluding carboxylic acids is 1. The van der Waals surface area contributed by atoms with Crippen LogP contribution in [0.2, 0.25) is 18.1 Å². The smallest absolute Gasteiger partial charge is 0.280 e. The van der Waals surface area contributed by atoms with Gasteiger partial charge in [-0.3, -0.25) is 19.1 Å². The molecule has 1 fully saturated rings. The molecule has 11 nitrogen and oxygen atoms in total. The highest BCUT2D eigenvalue weighted by Gasteiger charge is 2.76. The number of H-pyrrole nitrogens is 1. The van der Waals surface area contributed by atoms with Crippen LogP contribution in [0.15, 0.2) is 11.1 Å². The summed E-state index contributed by atoms with van der Waals surface area (Å²) in [4.78, 5) is 36.0. The molecule has 0 radical (unpaired) electrons. The van der Waals surface area contributed by atoms with Gasteiger partial charge in [-0.2, -0.15) is 4.98 Å². The van der Waals surface area contributed by atoms with Gasteiger partial charge < -0.3 is 25.8 Å². The van der Waals surface area contributed by atoms with E-state index in [9.17, 15) is 24.9 Å². The number of fused-ring (bicyclic) bond motifs is 1. The lowest BCUT2D eigenvalue weighted by Gasteiger charge is -2.54.